The summed E-state index contributed by atoms with van der Waals surface area (Å²) in [4.78, 5) is 0.302. The molecular formula is C17H15BrN2O6. The van der Waals surface area contributed by atoms with Gasteiger partial charge in [0.1, 0.15) is 5.75 Å². The molecule has 0 saturated carbocycles. The lowest BCUT2D eigenvalue weighted by atomic mass is 10.0. The number of ether oxygens (including phenoxy) is 3. The molecule has 0 spiro atoms. The summed E-state index contributed by atoms with van der Waals surface area (Å²) in [5.74, 6) is 1.25. The molecule has 0 aliphatic rings. The van der Waals surface area contributed by atoms with Gasteiger partial charge in [-0.15, -0.1) is 0 Å². The van der Waals surface area contributed by atoms with Crippen LogP contribution in [-0.2, 0) is 0 Å². The highest BCUT2D eigenvalue weighted by Gasteiger charge is 2.26. The molecule has 1 aromatic heterocycles. The van der Waals surface area contributed by atoms with Crippen LogP contribution < -0.4 is 19.1 Å². The number of methoxy groups -OCH3 is 3. The number of nitrogens with zero attached hydrogens (tertiary/aromatic N) is 2. The van der Waals surface area contributed by atoms with Gasteiger partial charge >= 0.3 is 0 Å². The van der Waals surface area contributed by atoms with Gasteiger partial charge in [-0.2, -0.15) is 0 Å². The Hall–Kier alpha value is -2.94. The number of phenols is 1. The van der Waals surface area contributed by atoms with Crippen LogP contribution in [0.3, 0.4) is 0 Å². The Morgan fingerprint density at radius 1 is 1.04 bits per heavy atom. The van der Waals surface area contributed by atoms with Crippen molar-refractivity contribution >= 4 is 15.9 Å². The molecule has 136 valence electrons. The quantitative estimate of drug-likeness (QED) is 0.630. The zero-order chi connectivity index (χ0) is 18.8. The van der Waals surface area contributed by atoms with Crippen LogP contribution in [-0.4, -0.2) is 31.6 Å². The Morgan fingerprint density at radius 2 is 1.69 bits per heavy atom. The van der Waals surface area contributed by atoms with E-state index in [0.717, 1.165) is 0 Å². The summed E-state index contributed by atoms with van der Waals surface area (Å²) in [5.41, 5.74) is 1.52. The molecule has 9 heteroatoms. The van der Waals surface area contributed by atoms with E-state index in [1.165, 1.54) is 27.4 Å². The number of hydrogen-bond donors (Lipinski definition) is 1. The Balaban J connectivity index is 2.22. The fourth-order valence-corrected chi connectivity index (χ4v) is 2.93. The molecule has 0 atom stereocenters. The molecule has 0 saturated heterocycles. The highest BCUT2D eigenvalue weighted by Crippen LogP contribution is 2.42. The van der Waals surface area contributed by atoms with E-state index in [1.807, 2.05) is 0 Å². The lowest BCUT2D eigenvalue weighted by molar-refractivity contribution is -0.793. The Kier molecular flexibility index (Phi) is 4.90. The standard InChI is InChI=1S/C17H15BrN2O6/c1-23-13-7-10(8-14(24-2)17(13)25-3)16-15(19-26-20(16)22)9-4-5-12(21)11(18)6-9/h4-8,21H,1-3H3. The summed E-state index contributed by atoms with van der Waals surface area (Å²) in [6.07, 6.45) is 0. The Labute approximate surface area is 157 Å². The lowest BCUT2D eigenvalue weighted by Gasteiger charge is -2.13. The van der Waals surface area contributed by atoms with E-state index < -0.39 is 0 Å². The smallest absolute Gasteiger partial charge is 0.256 e. The van der Waals surface area contributed by atoms with Crippen molar-refractivity contribution in [1.82, 2.24) is 5.16 Å². The van der Waals surface area contributed by atoms with Crippen molar-refractivity contribution < 1.29 is 28.8 Å². The monoisotopic (exact) mass is 422 g/mol. The molecule has 0 radical (unpaired) electrons. The van der Waals surface area contributed by atoms with Gasteiger partial charge in [0.25, 0.3) is 5.69 Å². The Bertz CT molecular complexity index is 931. The first-order valence-corrected chi connectivity index (χ1v) is 8.18. The summed E-state index contributed by atoms with van der Waals surface area (Å²) in [5, 5.41) is 25.8. The van der Waals surface area contributed by atoms with Crippen LogP contribution in [0.4, 0.5) is 0 Å². The van der Waals surface area contributed by atoms with Crippen LogP contribution in [0.15, 0.2) is 39.4 Å². The molecule has 1 N–H and O–H groups in total. The molecule has 0 unspecified atom stereocenters. The summed E-state index contributed by atoms with van der Waals surface area (Å²) >= 11 is 3.25. The zero-order valence-electron chi connectivity index (χ0n) is 14.1. The van der Waals surface area contributed by atoms with E-state index in [9.17, 15) is 10.3 Å². The topological polar surface area (TPSA) is 101 Å². The molecule has 1 heterocycles. The molecule has 3 aromatic rings. The van der Waals surface area contributed by atoms with Gasteiger partial charge in [0.05, 0.1) is 25.8 Å². The first-order valence-electron chi connectivity index (χ1n) is 7.39. The van der Waals surface area contributed by atoms with Crippen molar-refractivity contribution in [2.75, 3.05) is 21.3 Å². The van der Waals surface area contributed by atoms with E-state index >= 15 is 0 Å². The van der Waals surface area contributed by atoms with Crippen molar-refractivity contribution in [2.45, 2.75) is 0 Å². The third-order valence-electron chi connectivity index (χ3n) is 3.77. The first kappa shape index (κ1) is 17.9. The maximum absolute atomic E-state index is 12.2. The first-order chi connectivity index (χ1) is 12.5. The Morgan fingerprint density at radius 3 is 2.23 bits per heavy atom. The molecular weight excluding hydrogens is 408 g/mol. The maximum atomic E-state index is 12.2. The van der Waals surface area contributed by atoms with Gasteiger partial charge in [-0.25, -0.2) is 0 Å². The minimum absolute atomic E-state index is 0.0709. The summed E-state index contributed by atoms with van der Waals surface area (Å²) in [7, 11) is 4.46. The van der Waals surface area contributed by atoms with Gasteiger partial charge in [-0.3, -0.25) is 4.63 Å². The van der Waals surface area contributed by atoms with E-state index in [0.29, 0.717) is 43.4 Å². The van der Waals surface area contributed by atoms with Crippen molar-refractivity contribution in [3.05, 3.63) is 40.0 Å². The average molecular weight is 423 g/mol. The van der Waals surface area contributed by atoms with Crippen molar-refractivity contribution in [3.8, 4) is 45.5 Å². The second kappa shape index (κ2) is 7.12. The number of benzene rings is 2. The van der Waals surface area contributed by atoms with Gasteiger partial charge in [-0.1, -0.05) is 0 Å². The van der Waals surface area contributed by atoms with Crippen LogP contribution in [0.5, 0.6) is 23.0 Å². The molecule has 0 fully saturated rings. The van der Waals surface area contributed by atoms with Crippen LogP contribution >= 0.6 is 15.9 Å². The van der Waals surface area contributed by atoms with Gasteiger partial charge in [-0.05, 0) is 51.2 Å². The number of rotatable bonds is 5. The summed E-state index contributed by atoms with van der Waals surface area (Å²) < 4.78 is 21.2. The highest BCUT2D eigenvalue weighted by atomic mass is 79.9. The fraction of sp³-hybridized carbons (Fsp3) is 0.176. The molecule has 26 heavy (non-hydrogen) atoms. The van der Waals surface area contributed by atoms with E-state index in [2.05, 4.69) is 21.1 Å². The van der Waals surface area contributed by atoms with E-state index in [4.69, 9.17) is 18.8 Å². The zero-order valence-corrected chi connectivity index (χ0v) is 15.7. The third-order valence-corrected chi connectivity index (χ3v) is 4.41. The number of hydrogen-bond acceptors (Lipinski definition) is 7. The van der Waals surface area contributed by atoms with Gasteiger partial charge in [0, 0.05) is 16.3 Å². The largest absolute Gasteiger partial charge is 0.507 e. The fourth-order valence-electron chi connectivity index (χ4n) is 2.55. The number of aromatic nitrogens is 2. The van der Waals surface area contributed by atoms with Gasteiger partial charge in [0.2, 0.25) is 11.4 Å². The second-order valence-corrected chi connectivity index (χ2v) is 6.06. The van der Waals surface area contributed by atoms with Gasteiger partial charge < -0.3 is 24.5 Å². The average Bonchev–Trinajstić information content (AvgIpc) is 3.04. The molecule has 0 bridgehead atoms. The summed E-state index contributed by atoms with van der Waals surface area (Å²) in [6, 6.07) is 8.00. The molecule has 2 aromatic carbocycles. The second-order valence-electron chi connectivity index (χ2n) is 5.21. The van der Waals surface area contributed by atoms with Crippen LogP contribution in [0, 0.1) is 5.21 Å². The molecule has 0 aliphatic heterocycles. The van der Waals surface area contributed by atoms with Crippen molar-refractivity contribution in [1.29, 1.82) is 0 Å². The molecule has 3 rings (SSSR count). The van der Waals surface area contributed by atoms with Crippen molar-refractivity contribution in [2.24, 2.45) is 0 Å². The predicted octanol–water partition coefficient (Wildman–Crippen LogP) is 3.14. The normalized spacial score (nSPS) is 10.6. The van der Waals surface area contributed by atoms with Crippen LogP contribution in [0.1, 0.15) is 0 Å². The number of phenolic OH excluding ortho intramolecular Hbond substituents is 1. The van der Waals surface area contributed by atoms with Crippen LogP contribution in [0.25, 0.3) is 22.5 Å². The minimum Gasteiger partial charge on any atom is -0.507 e. The molecule has 0 aliphatic carbocycles. The predicted molar refractivity (Wildman–Crippen MR) is 95.4 cm³/mol. The highest BCUT2D eigenvalue weighted by molar-refractivity contribution is 9.10. The van der Waals surface area contributed by atoms with Crippen LogP contribution in [0.2, 0.25) is 0 Å². The maximum Gasteiger partial charge on any atom is 0.256 e. The summed E-state index contributed by atoms with van der Waals surface area (Å²) in [6.45, 7) is 0. The third kappa shape index (κ3) is 3.01. The van der Waals surface area contributed by atoms with E-state index in [-0.39, 0.29) is 11.4 Å². The lowest BCUT2D eigenvalue weighted by Crippen LogP contribution is -2.25. The van der Waals surface area contributed by atoms with Crippen molar-refractivity contribution in [3.63, 3.8) is 0 Å². The number of aromatic hydroxyl groups is 1. The van der Waals surface area contributed by atoms with E-state index in [1.54, 1.807) is 24.3 Å². The molecule has 0 amide bonds. The molecule has 8 nitrogen and oxygen atoms in total. The minimum atomic E-state index is 0.0709. The number of halogens is 1. The van der Waals surface area contributed by atoms with Gasteiger partial charge in [0.15, 0.2) is 11.5 Å². The SMILES string of the molecule is COc1cc(-c2c(-c3ccc(O)c(Br)c3)no[n+]2[O-])cc(OC)c1OC.